The summed E-state index contributed by atoms with van der Waals surface area (Å²) >= 11 is 0. The van der Waals surface area contributed by atoms with Gasteiger partial charge in [0.25, 0.3) is 0 Å². The lowest BCUT2D eigenvalue weighted by molar-refractivity contribution is -0.141. The molecule has 0 fully saturated rings. The average Bonchev–Trinajstić information content (AvgIpc) is 2.65. The van der Waals surface area contributed by atoms with Crippen LogP contribution in [0.15, 0.2) is 36.4 Å². The molecule has 0 radical (unpaired) electrons. The first-order chi connectivity index (χ1) is 14.4. The molecule has 0 aliphatic carbocycles. The first-order valence-corrected chi connectivity index (χ1v) is 10.8. The van der Waals surface area contributed by atoms with Crippen LogP contribution in [-0.4, -0.2) is 32.1 Å². The molecule has 0 atom stereocenters. The normalized spacial score (nSPS) is 12.1. The van der Waals surface area contributed by atoms with Crippen molar-refractivity contribution in [2.75, 3.05) is 22.8 Å². The van der Waals surface area contributed by atoms with Crippen molar-refractivity contribution in [3.63, 3.8) is 0 Å². The summed E-state index contributed by atoms with van der Waals surface area (Å²) in [7, 11) is -3.63. The Morgan fingerprint density at radius 3 is 2.48 bits per heavy atom. The Hall–Kier alpha value is -3.15. The second-order valence-corrected chi connectivity index (χ2v) is 8.15. The van der Waals surface area contributed by atoms with Crippen LogP contribution in [0.4, 0.5) is 29.1 Å². The Morgan fingerprint density at radius 1 is 1.19 bits per heavy atom. The highest BCUT2D eigenvalue weighted by atomic mass is 32.2. The molecular weight excluding hydrogens is 440 g/mol. The number of benzene rings is 1. The van der Waals surface area contributed by atoms with E-state index in [-0.39, 0.29) is 23.6 Å². The molecule has 0 unspecified atom stereocenters. The summed E-state index contributed by atoms with van der Waals surface area (Å²) in [6.45, 7) is 1.97. The fourth-order valence-corrected chi connectivity index (χ4v) is 3.00. The van der Waals surface area contributed by atoms with Gasteiger partial charge in [0.1, 0.15) is 17.3 Å². The number of nitrogens with one attached hydrogen (secondary N) is 3. The number of nitrogens with zero attached hydrogens (tertiary/aromatic N) is 1. The third-order valence-electron chi connectivity index (χ3n) is 3.77. The molecule has 2 aromatic rings. The highest BCUT2D eigenvalue weighted by Crippen LogP contribution is 2.29. The van der Waals surface area contributed by atoms with Crippen molar-refractivity contribution in [3.8, 4) is 0 Å². The maximum Gasteiger partial charge on any atom is 0.433 e. The molecule has 0 saturated heterocycles. The average molecular weight is 460 g/mol. The molecule has 1 amide bonds. The van der Waals surface area contributed by atoms with Gasteiger partial charge in [0.05, 0.1) is 11.9 Å². The van der Waals surface area contributed by atoms with Crippen LogP contribution >= 0.6 is 0 Å². The van der Waals surface area contributed by atoms with Crippen molar-refractivity contribution in [2.24, 2.45) is 0 Å². The van der Waals surface area contributed by atoms with Crippen LogP contribution in [0.3, 0.4) is 0 Å². The largest absolute Gasteiger partial charge is 0.433 e. The lowest BCUT2D eigenvalue weighted by Gasteiger charge is -2.11. The molecule has 31 heavy (non-hydrogen) atoms. The van der Waals surface area contributed by atoms with Crippen molar-refractivity contribution in [3.05, 3.63) is 59.0 Å². The molecule has 1 aromatic heterocycles. The van der Waals surface area contributed by atoms with Gasteiger partial charge in [-0.1, -0.05) is 6.07 Å². The zero-order valence-electron chi connectivity index (χ0n) is 16.5. The van der Waals surface area contributed by atoms with E-state index < -0.39 is 33.6 Å². The topological polar surface area (TPSA) is 100 Å². The van der Waals surface area contributed by atoms with Gasteiger partial charge in [-0.25, -0.2) is 17.8 Å². The molecule has 1 aromatic carbocycles. The van der Waals surface area contributed by atoms with Crippen molar-refractivity contribution in [1.82, 2.24) is 10.3 Å². The van der Waals surface area contributed by atoms with E-state index in [4.69, 9.17) is 0 Å². The van der Waals surface area contributed by atoms with Gasteiger partial charge >= 0.3 is 6.18 Å². The Kier molecular flexibility index (Phi) is 7.60. The minimum Gasteiger partial charge on any atom is -0.370 e. The van der Waals surface area contributed by atoms with E-state index >= 15 is 0 Å². The molecule has 7 nitrogen and oxygen atoms in total. The first-order valence-electron chi connectivity index (χ1n) is 8.93. The van der Waals surface area contributed by atoms with Crippen LogP contribution in [0.2, 0.25) is 0 Å². The predicted octanol–water partition coefficient (Wildman–Crippen LogP) is 3.37. The maximum absolute atomic E-state index is 14.0. The number of hydrogen-bond acceptors (Lipinski definition) is 5. The van der Waals surface area contributed by atoms with Crippen LogP contribution < -0.4 is 15.4 Å². The quantitative estimate of drug-likeness (QED) is 0.414. The number of carbonyl (C=O) groups is 1. The number of sulfonamides is 1. The van der Waals surface area contributed by atoms with Crippen LogP contribution in [0.25, 0.3) is 6.08 Å². The third kappa shape index (κ3) is 7.55. The highest BCUT2D eigenvalue weighted by molar-refractivity contribution is 7.92. The van der Waals surface area contributed by atoms with Gasteiger partial charge in [0.15, 0.2) is 0 Å². The Bertz CT molecular complexity index is 1090. The zero-order chi connectivity index (χ0) is 23.2. The number of rotatable bonds is 8. The summed E-state index contributed by atoms with van der Waals surface area (Å²) in [5, 5.41) is 5.21. The van der Waals surface area contributed by atoms with Crippen LogP contribution in [-0.2, 0) is 27.5 Å². The van der Waals surface area contributed by atoms with Crippen molar-refractivity contribution in [1.29, 1.82) is 0 Å². The van der Waals surface area contributed by atoms with Gasteiger partial charge in [0, 0.05) is 24.7 Å². The number of aromatic nitrogens is 1. The highest BCUT2D eigenvalue weighted by Gasteiger charge is 2.32. The number of hydrogen-bond donors (Lipinski definition) is 3. The van der Waals surface area contributed by atoms with E-state index in [2.05, 4.69) is 15.6 Å². The Morgan fingerprint density at radius 2 is 1.90 bits per heavy atom. The molecular formula is C19H20F4N4O3S. The van der Waals surface area contributed by atoms with Gasteiger partial charge in [-0.3, -0.25) is 9.52 Å². The van der Waals surface area contributed by atoms with Gasteiger partial charge in [0.2, 0.25) is 15.9 Å². The van der Waals surface area contributed by atoms with Crippen molar-refractivity contribution >= 4 is 33.5 Å². The van der Waals surface area contributed by atoms with Crippen LogP contribution in [0, 0.1) is 5.82 Å². The molecule has 3 N–H and O–H groups in total. The van der Waals surface area contributed by atoms with Gasteiger partial charge < -0.3 is 10.6 Å². The number of anilines is 2. The Balaban J connectivity index is 2.05. The summed E-state index contributed by atoms with van der Waals surface area (Å²) in [4.78, 5) is 15.6. The second kappa shape index (κ2) is 9.77. The molecule has 168 valence electrons. The maximum atomic E-state index is 14.0. The van der Waals surface area contributed by atoms with Crippen molar-refractivity contribution in [2.45, 2.75) is 19.6 Å². The standard InChI is InChI=1S/C19H20F4N4O3S/c1-3-24-18-13(5-8-16(26-18)19(21,22)23)6-9-17(28)25-11-12-4-7-15(14(20)10-12)27-31(2,29)30/h4-10,27H,3,11H2,1-2H3,(H,24,26)(H,25,28). The molecule has 1 heterocycles. The number of pyridine rings is 1. The fraction of sp³-hybridized carbons (Fsp3) is 0.263. The van der Waals surface area contributed by atoms with Crippen LogP contribution in [0.1, 0.15) is 23.7 Å². The minimum absolute atomic E-state index is 0.0163. The molecule has 0 aliphatic heterocycles. The molecule has 0 spiro atoms. The number of amides is 1. The van der Waals surface area contributed by atoms with Gasteiger partial charge in [-0.05, 0) is 42.8 Å². The number of alkyl halides is 3. The van der Waals surface area contributed by atoms with E-state index in [9.17, 15) is 30.8 Å². The monoisotopic (exact) mass is 460 g/mol. The minimum atomic E-state index is -4.59. The first kappa shape index (κ1) is 24.1. The smallest absolute Gasteiger partial charge is 0.370 e. The second-order valence-electron chi connectivity index (χ2n) is 6.40. The predicted molar refractivity (Wildman–Crippen MR) is 109 cm³/mol. The van der Waals surface area contributed by atoms with Crippen LogP contribution in [0.5, 0.6) is 0 Å². The molecule has 12 heteroatoms. The van der Waals surface area contributed by atoms with E-state index in [1.807, 2.05) is 4.72 Å². The molecule has 2 rings (SSSR count). The lowest BCUT2D eigenvalue weighted by atomic mass is 10.2. The molecule has 0 bridgehead atoms. The number of carbonyl (C=O) groups excluding carboxylic acids is 1. The van der Waals surface area contributed by atoms with E-state index in [1.54, 1.807) is 6.92 Å². The van der Waals surface area contributed by atoms with E-state index in [0.717, 1.165) is 24.5 Å². The SMILES string of the molecule is CCNc1nc(C(F)(F)F)ccc1C=CC(=O)NCc1ccc(NS(C)(=O)=O)c(F)c1. The summed E-state index contributed by atoms with van der Waals surface area (Å²) < 4.78 is 76.8. The lowest BCUT2D eigenvalue weighted by Crippen LogP contribution is -2.20. The summed E-state index contributed by atoms with van der Waals surface area (Å²) in [6, 6.07) is 5.74. The van der Waals surface area contributed by atoms with Gasteiger partial charge in [-0.15, -0.1) is 0 Å². The summed E-state index contributed by atoms with van der Waals surface area (Å²) in [6.07, 6.45) is -1.28. The van der Waals surface area contributed by atoms with Gasteiger partial charge in [-0.2, -0.15) is 13.2 Å². The summed E-state index contributed by atoms with van der Waals surface area (Å²) in [5.74, 6) is -1.39. The third-order valence-corrected chi connectivity index (χ3v) is 4.36. The Labute approximate surface area is 176 Å². The van der Waals surface area contributed by atoms with E-state index in [0.29, 0.717) is 12.1 Å². The van der Waals surface area contributed by atoms with E-state index in [1.165, 1.54) is 24.3 Å². The number of halogens is 4. The van der Waals surface area contributed by atoms with Crippen molar-refractivity contribution < 1.29 is 30.8 Å². The fourth-order valence-electron chi connectivity index (χ4n) is 2.44. The summed E-state index contributed by atoms with van der Waals surface area (Å²) in [5.41, 5.74) is -0.612. The molecule has 0 aliphatic rings. The molecule has 0 saturated carbocycles. The zero-order valence-corrected chi connectivity index (χ0v) is 17.4.